The normalized spacial score (nSPS) is 18.6. The molecule has 9 heteroatoms. The van der Waals surface area contributed by atoms with Gasteiger partial charge in [0.2, 0.25) is 10.0 Å². The highest BCUT2D eigenvalue weighted by Gasteiger charge is 2.44. The highest BCUT2D eigenvalue weighted by atomic mass is 32.2. The molecular weight excluding hydrogens is 456 g/mol. The fourth-order valence-electron chi connectivity index (χ4n) is 4.09. The summed E-state index contributed by atoms with van der Waals surface area (Å²) in [6.45, 7) is 6.88. The summed E-state index contributed by atoms with van der Waals surface area (Å²) in [5.74, 6) is -1.37. The molecule has 2 aromatic rings. The van der Waals surface area contributed by atoms with Crippen molar-refractivity contribution in [3.05, 3.63) is 58.7 Å². The number of rotatable bonds is 8. The zero-order chi connectivity index (χ0) is 25.0. The molecule has 2 atom stereocenters. The van der Waals surface area contributed by atoms with Gasteiger partial charge in [-0.05, 0) is 61.1 Å². The van der Waals surface area contributed by atoms with Crippen LogP contribution in [0.15, 0.2) is 41.3 Å². The Morgan fingerprint density at radius 2 is 1.74 bits per heavy atom. The van der Waals surface area contributed by atoms with E-state index in [2.05, 4.69) is 5.32 Å². The summed E-state index contributed by atoms with van der Waals surface area (Å²) in [7, 11) is -4.04. The summed E-state index contributed by atoms with van der Waals surface area (Å²) in [6.07, 6.45) is 0.364. The number of esters is 1. The number of hydrogen-bond acceptors (Lipinski definition) is 6. The number of hydrogen-bond donors (Lipinski definition) is 2. The Bertz CT molecular complexity index is 1160. The number of carbonyl (C=O) groups is 2. The Balaban J connectivity index is 1.71. The van der Waals surface area contributed by atoms with Gasteiger partial charge >= 0.3 is 5.97 Å². The van der Waals surface area contributed by atoms with Crippen LogP contribution in [0, 0.1) is 13.8 Å². The molecule has 0 spiro atoms. The fourth-order valence-corrected chi connectivity index (χ4v) is 5.80. The standard InChI is InChI=1S/C25H32N2O6S/c1-5-18-8-7-9-19(6-2)24(18)26-23(29)15-33-25(30)22-13-20(28)14-27(22)34(31,32)21-11-10-16(3)17(4)12-21/h7-12,20,22,28H,5-6,13-15H2,1-4H3,(H,26,29). The van der Waals surface area contributed by atoms with Crippen molar-refractivity contribution in [2.24, 2.45) is 0 Å². The molecule has 34 heavy (non-hydrogen) atoms. The van der Waals surface area contributed by atoms with E-state index in [-0.39, 0.29) is 17.9 Å². The van der Waals surface area contributed by atoms with Crippen LogP contribution in [0.3, 0.4) is 0 Å². The molecule has 8 nitrogen and oxygen atoms in total. The summed E-state index contributed by atoms with van der Waals surface area (Å²) >= 11 is 0. The van der Waals surface area contributed by atoms with E-state index in [1.807, 2.05) is 39.0 Å². The van der Waals surface area contributed by atoms with Crippen LogP contribution < -0.4 is 5.32 Å². The number of ether oxygens (including phenoxy) is 1. The second kappa shape index (κ2) is 10.7. The number of nitrogens with one attached hydrogen (secondary N) is 1. The highest BCUT2D eigenvalue weighted by molar-refractivity contribution is 7.89. The van der Waals surface area contributed by atoms with E-state index in [1.54, 1.807) is 19.1 Å². The van der Waals surface area contributed by atoms with Crippen LogP contribution >= 0.6 is 0 Å². The quantitative estimate of drug-likeness (QED) is 0.553. The summed E-state index contributed by atoms with van der Waals surface area (Å²) < 4.78 is 32.6. The number of amides is 1. The summed E-state index contributed by atoms with van der Waals surface area (Å²) in [5, 5.41) is 12.9. The minimum atomic E-state index is -4.04. The molecule has 0 radical (unpaired) electrons. The van der Waals surface area contributed by atoms with Crippen LogP contribution in [-0.2, 0) is 37.2 Å². The van der Waals surface area contributed by atoms with Gasteiger partial charge < -0.3 is 15.2 Å². The number of β-amino-alcohol motifs (C(OH)–C–C–N with tert-alkyl or cyclic N) is 1. The molecule has 1 amide bonds. The van der Waals surface area contributed by atoms with Crippen LogP contribution in [0.25, 0.3) is 0 Å². The lowest BCUT2D eigenvalue weighted by Gasteiger charge is -2.23. The number of aliphatic hydroxyl groups is 1. The minimum absolute atomic E-state index is 0.0449. The van der Waals surface area contributed by atoms with Crippen molar-refractivity contribution >= 4 is 27.6 Å². The average Bonchev–Trinajstić information content (AvgIpc) is 3.22. The van der Waals surface area contributed by atoms with E-state index in [4.69, 9.17) is 4.74 Å². The second-order valence-electron chi connectivity index (χ2n) is 8.54. The third-order valence-electron chi connectivity index (χ3n) is 6.20. The number of nitrogens with zero attached hydrogens (tertiary/aromatic N) is 1. The number of para-hydroxylation sites is 1. The van der Waals surface area contributed by atoms with Crippen LogP contribution in [0.1, 0.15) is 42.5 Å². The van der Waals surface area contributed by atoms with Crippen molar-refractivity contribution in [2.75, 3.05) is 18.5 Å². The Labute approximate surface area is 201 Å². The van der Waals surface area contributed by atoms with Gasteiger partial charge in [0.15, 0.2) is 6.61 Å². The maximum atomic E-state index is 13.2. The Morgan fingerprint density at radius 3 is 2.32 bits per heavy atom. The maximum absolute atomic E-state index is 13.2. The van der Waals surface area contributed by atoms with Gasteiger partial charge in [0.25, 0.3) is 5.91 Å². The molecular formula is C25H32N2O6S. The van der Waals surface area contributed by atoms with E-state index in [1.165, 1.54) is 6.07 Å². The molecule has 1 heterocycles. The molecule has 1 saturated heterocycles. The smallest absolute Gasteiger partial charge is 0.325 e. The lowest BCUT2D eigenvalue weighted by molar-refractivity contribution is -0.150. The van der Waals surface area contributed by atoms with Gasteiger partial charge in [0, 0.05) is 18.7 Å². The molecule has 1 aliphatic rings. The van der Waals surface area contributed by atoms with Gasteiger partial charge in [-0.25, -0.2) is 8.42 Å². The van der Waals surface area contributed by atoms with Crippen molar-refractivity contribution in [1.82, 2.24) is 4.31 Å². The topological polar surface area (TPSA) is 113 Å². The average molecular weight is 489 g/mol. The van der Waals surface area contributed by atoms with E-state index in [9.17, 15) is 23.1 Å². The SMILES string of the molecule is CCc1cccc(CC)c1NC(=O)COC(=O)C1CC(O)CN1S(=O)(=O)c1ccc(C)c(C)c1. The molecule has 0 aromatic heterocycles. The molecule has 0 saturated carbocycles. The van der Waals surface area contributed by atoms with E-state index in [0.29, 0.717) is 5.69 Å². The van der Waals surface area contributed by atoms with Gasteiger partial charge in [0.05, 0.1) is 11.0 Å². The fraction of sp³-hybridized carbons (Fsp3) is 0.440. The molecule has 0 bridgehead atoms. The molecule has 2 unspecified atom stereocenters. The van der Waals surface area contributed by atoms with Crippen molar-refractivity contribution in [3.8, 4) is 0 Å². The molecule has 1 aliphatic heterocycles. The number of carbonyl (C=O) groups excluding carboxylic acids is 2. The molecule has 2 aromatic carbocycles. The van der Waals surface area contributed by atoms with Crippen molar-refractivity contribution < 1.29 is 27.9 Å². The predicted octanol–water partition coefficient (Wildman–Crippen LogP) is 2.73. The first-order valence-electron chi connectivity index (χ1n) is 11.4. The lowest BCUT2D eigenvalue weighted by atomic mass is 10.0. The number of aryl methyl sites for hydroxylation is 4. The van der Waals surface area contributed by atoms with Crippen molar-refractivity contribution in [1.29, 1.82) is 0 Å². The third-order valence-corrected chi connectivity index (χ3v) is 8.07. The first-order valence-corrected chi connectivity index (χ1v) is 12.9. The van der Waals surface area contributed by atoms with Crippen LogP contribution in [0.4, 0.5) is 5.69 Å². The third kappa shape index (κ3) is 5.48. The second-order valence-corrected chi connectivity index (χ2v) is 10.4. The lowest BCUT2D eigenvalue weighted by Crippen LogP contribution is -2.42. The van der Waals surface area contributed by atoms with Crippen LogP contribution in [0.5, 0.6) is 0 Å². The van der Waals surface area contributed by atoms with Gasteiger partial charge in [0.1, 0.15) is 6.04 Å². The Hall–Kier alpha value is -2.75. The minimum Gasteiger partial charge on any atom is -0.454 e. The summed E-state index contributed by atoms with van der Waals surface area (Å²) in [6, 6.07) is 9.31. The molecule has 184 valence electrons. The van der Waals surface area contributed by atoms with Crippen molar-refractivity contribution in [2.45, 2.75) is 64.0 Å². The number of sulfonamides is 1. The number of aliphatic hydroxyl groups excluding tert-OH is 1. The van der Waals surface area contributed by atoms with Crippen molar-refractivity contribution in [3.63, 3.8) is 0 Å². The largest absolute Gasteiger partial charge is 0.454 e. The van der Waals surface area contributed by atoms with Crippen LogP contribution in [0.2, 0.25) is 0 Å². The van der Waals surface area contributed by atoms with Gasteiger partial charge in [-0.15, -0.1) is 0 Å². The molecule has 0 aliphatic carbocycles. The number of benzene rings is 2. The predicted molar refractivity (Wildman–Crippen MR) is 129 cm³/mol. The first kappa shape index (κ1) is 25.9. The van der Waals surface area contributed by atoms with Gasteiger partial charge in [-0.2, -0.15) is 4.31 Å². The molecule has 2 N–H and O–H groups in total. The van der Waals surface area contributed by atoms with E-state index in [0.717, 1.165) is 39.4 Å². The van der Waals surface area contributed by atoms with E-state index < -0.39 is 40.7 Å². The monoisotopic (exact) mass is 488 g/mol. The Morgan fingerprint density at radius 1 is 1.09 bits per heavy atom. The zero-order valence-corrected chi connectivity index (χ0v) is 20.8. The summed E-state index contributed by atoms with van der Waals surface area (Å²) in [5.41, 5.74) is 4.41. The van der Waals surface area contributed by atoms with E-state index >= 15 is 0 Å². The maximum Gasteiger partial charge on any atom is 0.325 e. The van der Waals surface area contributed by atoms with Gasteiger partial charge in [-0.1, -0.05) is 38.1 Å². The Kier molecular flexibility index (Phi) is 8.12. The highest BCUT2D eigenvalue weighted by Crippen LogP contribution is 2.28. The van der Waals surface area contributed by atoms with Crippen LogP contribution in [-0.4, -0.2) is 55.0 Å². The summed E-state index contributed by atoms with van der Waals surface area (Å²) in [4.78, 5) is 25.4. The number of anilines is 1. The molecule has 1 fully saturated rings. The zero-order valence-electron chi connectivity index (χ0n) is 20.0. The first-order chi connectivity index (χ1) is 16.1. The van der Waals surface area contributed by atoms with Gasteiger partial charge in [-0.3, -0.25) is 9.59 Å². The molecule has 3 rings (SSSR count).